The zero-order valence-electron chi connectivity index (χ0n) is 15.5. The molecule has 1 N–H and O–H groups in total. The minimum absolute atomic E-state index is 0.0717. The molecule has 0 bridgehead atoms. The number of carbonyl (C=O) groups is 2. The van der Waals surface area contributed by atoms with Gasteiger partial charge in [0.1, 0.15) is 12.1 Å². The normalized spacial score (nSPS) is 10.8. The summed E-state index contributed by atoms with van der Waals surface area (Å²) in [7, 11) is 0. The lowest BCUT2D eigenvalue weighted by Gasteiger charge is -2.20. The summed E-state index contributed by atoms with van der Waals surface area (Å²) in [5.41, 5.74) is 2.97. The summed E-state index contributed by atoms with van der Waals surface area (Å²) in [5.74, 6) is -0.321. The van der Waals surface area contributed by atoms with Crippen molar-refractivity contribution in [3.8, 4) is 0 Å². The summed E-state index contributed by atoms with van der Waals surface area (Å²) < 4.78 is 5.74. The van der Waals surface area contributed by atoms with Gasteiger partial charge in [-0.3, -0.25) is 9.59 Å². The molecule has 5 nitrogen and oxygen atoms in total. The van der Waals surface area contributed by atoms with E-state index in [9.17, 15) is 9.59 Å². The molecule has 1 aromatic heterocycles. The molecule has 0 aliphatic carbocycles. The summed E-state index contributed by atoms with van der Waals surface area (Å²) in [4.78, 5) is 26.8. The van der Waals surface area contributed by atoms with Crippen LogP contribution in [-0.2, 0) is 4.79 Å². The monoisotopic (exact) mass is 384 g/mol. The smallest absolute Gasteiger partial charge is 0.290 e. The first-order valence-corrected chi connectivity index (χ1v) is 9.12. The third kappa shape index (κ3) is 3.98. The average Bonchev–Trinajstić information content (AvgIpc) is 2.99. The van der Waals surface area contributed by atoms with Gasteiger partial charge in [-0.05, 0) is 44.5 Å². The van der Waals surface area contributed by atoms with Gasteiger partial charge in [-0.1, -0.05) is 35.9 Å². The van der Waals surface area contributed by atoms with E-state index in [1.807, 2.05) is 51.1 Å². The fourth-order valence-electron chi connectivity index (χ4n) is 2.94. The average molecular weight is 385 g/mol. The second-order valence-corrected chi connectivity index (χ2v) is 6.82. The zero-order valence-corrected chi connectivity index (χ0v) is 16.3. The molecule has 3 rings (SSSR count). The van der Waals surface area contributed by atoms with Gasteiger partial charge in [0.2, 0.25) is 5.91 Å². The van der Waals surface area contributed by atoms with Gasteiger partial charge in [0.15, 0.2) is 5.76 Å². The van der Waals surface area contributed by atoms with Gasteiger partial charge in [-0.25, -0.2) is 0 Å². The van der Waals surface area contributed by atoms with Crippen molar-refractivity contribution in [2.75, 3.05) is 18.4 Å². The van der Waals surface area contributed by atoms with Crippen LogP contribution >= 0.6 is 11.6 Å². The van der Waals surface area contributed by atoms with Crippen molar-refractivity contribution < 1.29 is 14.0 Å². The van der Waals surface area contributed by atoms with E-state index in [0.717, 1.165) is 16.5 Å². The SMILES string of the molecule is CCN(CC(=O)Nc1cc(Cl)ccc1C)C(=O)c1oc2ccccc2c1C. The number of halogens is 1. The van der Waals surface area contributed by atoms with Gasteiger partial charge in [0.25, 0.3) is 5.91 Å². The number of nitrogens with one attached hydrogen (secondary N) is 1. The molecule has 140 valence electrons. The van der Waals surface area contributed by atoms with Crippen LogP contribution in [0.15, 0.2) is 46.9 Å². The van der Waals surface area contributed by atoms with Crippen LogP contribution in [0.4, 0.5) is 5.69 Å². The molecule has 0 saturated carbocycles. The van der Waals surface area contributed by atoms with Crippen LogP contribution in [0.5, 0.6) is 0 Å². The molecule has 0 fully saturated rings. The predicted octanol–water partition coefficient (Wildman–Crippen LogP) is 4.80. The molecule has 2 aromatic carbocycles. The fraction of sp³-hybridized carbons (Fsp3) is 0.238. The van der Waals surface area contributed by atoms with Gasteiger partial charge in [0, 0.05) is 28.2 Å². The van der Waals surface area contributed by atoms with Gasteiger partial charge in [-0.15, -0.1) is 0 Å². The molecule has 0 unspecified atom stereocenters. The maximum atomic E-state index is 12.9. The highest BCUT2D eigenvalue weighted by atomic mass is 35.5. The second-order valence-electron chi connectivity index (χ2n) is 6.38. The number of hydrogen-bond donors (Lipinski definition) is 1. The Morgan fingerprint density at radius 1 is 1.15 bits per heavy atom. The quantitative estimate of drug-likeness (QED) is 0.687. The van der Waals surface area contributed by atoms with E-state index in [4.69, 9.17) is 16.0 Å². The molecular weight excluding hydrogens is 364 g/mol. The van der Waals surface area contributed by atoms with Crippen molar-refractivity contribution in [1.82, 2.24) is 4.90 Å². The van der Waals surface area contributed by atoms with E-state index in [0.29, 0.717) is 22.8 Å². The highest BCUT2D eigenvalue weighted by Crippen LogP contribution is 2.26. The molecule has 0 aliphatic heterocycles. The number of anilines is 1. The summed E-state index contributed by atoms with van der Waals surface area (Å²) in [6, 6.07) is 12.8. The molecule has 0 spiro atoms. The summed E-state index contributed by atoms with van der Waals surface area (Å²) in [6.45, 7) is 5.87. The van der Waals surface area contributed by atoms with Gasteiger partial charge >= 0.3 is 0 Å². The van der Waals surface area contributed by atoms with E-state index in [1.54, 1.807) is 12.1 Å². The van der Waals surface area contributed by atoms with E-state index in [2.05, 4.69) is 5.32 Å². The van der Waals surface area contributed by atoms with Gasteiger partial charge < -0.3 is 14.6 Å². The Morgan fingerprint density at radius 2 is 1.89 bits per heavy atom. The molecule has 0 atom stereocenters. The van der Waals surface area contributed by atoms with Crippen LogP contribution in [0.25, 0.3) is 11.0 Å². The Bertz CT molecular complexity index is 1010. The van der Waals surface area contributed by atoms with E-state index >= 15 is 0 Å². The van der Waals surface area contributed by atoms with Crippen molar-refractivity contribution in [3.63, 3.8) is 0 Å². The van der Waals surface area contributed by atoms with Crippen LogP contribution in [0, 0.1) is 13.8 Å². The maximum absolute atomic E-state index is 12.9. The topological polar surface area (TPSA) is 62.6 Å². The summed E-state index contributed by atoms with van der Waals surface area (Å²) in [6.07, 6.45) is 0. The molecule has 27 heavy (non-hydrogen) atoms. The first kappa shape index (κ1) is 19.0. The van der Waals surface area contributed by atoms with Crippen molar-refractivity contribution >= 4 is 40.1 Å². The van der Waals surface area contributed by atoms with Crippen LogP contribution in [-0.4, -0.2) is 29.8 Å². The molecule has 0 saturated heterocycles. The number of furan rings is 1. The number of para-hydroxylation sites is 1. The number of hydrogen-bond acceptors (Lipinski definition) is 3. The number of likely N-dealkylation sites (N-methyl/N-ethyl adjacent to an activating group) is 1. The molecular formula is C21H21ClN2O3. The highest BCUT2D eigenvalue weighted by molar-refractivity contribution is 6.31. The second kappa shape index (κ2) is 7.84. The van der Waals surface area contributed by atoms with Crippen LogP contribution in [0.1, 0.15) is 28.6 Å². The molecule has 1 heterocycles. The number of amides is 2. The fourth-order valence-corrected chi connectivity index (χ4v) is 3.11. The molecule has 6 heteroatoms. The number of carbonyl (C=O) groups excluding carboxylic acids is 2. The van der Waals surface area contributed by atoms with E-state index in [1.165, 1.54) is 4.90 Å². The Kier molecular flexibility index (Phi) is 5.51. The number of nitrogens with zero attached hydrogens (tertiary/aromatic N) is 1. The van der Waals surface area contributed by atoms with Gasteiger partial charge in [0.05, 0.1) is 0 Å². The lowest BCUT2D eigenvalue weighted by molar-refractivity contribution is -0.116. The van der Waals surface area contributed by atoms with Crippen molar-refractivity contribution in [1.29, 1.82) is 0 Å². The Hall–Kier alpha value is -2.79. The molecule has 2 amide bonds. The van der Waals surface area contributed by atoms with Crippen molar-refractivity contribution in [2.24, 2.45) is 0 Å². The first-order valence-electron chi connectivity index (χ1n) is 8.74. The maximum Gasteiger partial charge on any atom is 0.290 e. The molecule has 3 aromatic rings. The largest absolute Gasteiger partial charge is 0.451 e. The first-order chi connectivity index (χ1) is 12.9. The van der Waals surface area contributed by atoms with Crippen LogP contribution in [0.3, 0.4) is 0 Å². The number of rotatable bonds is 5. The zero-order chi connectivity index (χ0) is 19.6. The third-order valence-electron chi connectivity index (χ3n) is 4.52. The predicted molar refractivity (Wildman–Crippen MR) is 107 cm³/mol. The van der Waals surface area contributed by atoms with Crippen molar-refractivity contribution in [3.05, 3.63) is 64.4 Å². The Balaban J connectivity index is 1.77. The lowest BCUT2D eigenvalue weighted by Crippen LogP contribution is -2.38. The Labute approximate surface area is 162 Å². The van der Waals surface area contributed by atoms with Crippen molar-refractivity contribution in [2.45, 2.75) is 20.8 Å². The number of fused-ring (bicyclic) bond motifs is 1. The number of aryl methyl sites for hydroxylation is 2. The molecule has 0 aliphatic rings. The minimum Gasteiger partial charge on any atom is -0.451 e. The van der Waals surface area contributed by atoms with Crippen LogP contribution in [0.2, 0.25) is 5.02 Å². The number of benzene rings is 2. The third-order valence-corrected chi connectivity index (χ3v) is 4.75. The van der Waals surface area contributed by atoms with Gasteiger partial charge in [-0.2, -0.15) is 0 Å². The van der Waals surface area contributed by atoms with Crippen LogP contribution < -0.4 is 5.32 Å². The standard InChI is InChI=1S/C21H21ClN2O3/c1-4-24(12-19(25)23-17-11-15(22)10-9-13(17)2)21(26)20-14(3)16-7-5-6-8-18(16)27-20/h5-11H,4,12H2,1-3H3,(H,23,25). The molecule has 0 radical (unpaired) electrons. The van der Waals surface area contributed by atoms with E-state index in [-0.39, 0.29) is 24.1 Å². The summed E-state index contributed by atoms with van der Waals surface area (Å²) in [5, 5.41) is 4.25. The highest BCUT2D eigenvalue weighted by Gasteiger charge is 2.24. The lowest BCUT2D eigenvalue weighted by atomic mass is 10.1. The van der Waals surface area contributed by atoms with E-state index < -0.39 is 0 Å². The minimum atomic E-state index is -0.302. The summed E-state index contributed by atoms with van der Waals surface area (Å²) >= 11 is 5.99. The Morgan fingerprint density at radius 3 is 2.59 bits per heavy atom.